The Morgan fingerprint density at radius 1 is 1.35 bits per heavy atom. The van der Waals surface area contributed by atoms with Gasteiger partial charge in [-0.1, -0.05) is 17.9 Å². The first-order chi connectivity index (χ1) is 9.71. The molecule has 1 radical (unpaired) electrons. The van der Waals surface area contributed by atoms with Crippen molar-refractivity contribution in [3.8, 4) is 17.9 Å². The molecule has 1 heterocycles. The maximum Gasteiger partial charge on any atom is 0.168 e. The predicted molar refractivity (Wildman–Crippen MR) is 73.3 cm³/mol. The number of fused-ring (bicyclic) bond motifs is 1. The van der Waals surface area contributed by atoms with Gasteiger partial charge in [-0.3, -0.25) is 4.98 Å². The summed E-state index contributed by atoms with van der Waals surface area (Å²) in [5.74, 6) is 5.85. The van der Waals surface area contributed by atoms with Gasteiger partial charge < -0.3 is 5.11 Å². The summed E-state index contributed by atoms with van der Waals surface area (Å²) in [6.45, 7) is 0. The minimum atomic E-state index is -1.18. The van der Waals surface area contributed by atoms with Gasteiger partial charge in [0.05, 0.1) is 17.3 Å². The van der Waals surface area contributed by atoms with Crippen LogP contribution in [-0.2, 0) is 12.0 Å². The van der Waals surface area contributed by atoms with Gasteiger partial charge in [-0.2, -0.15) is 5.26 Å². The second kappa shape index (κ2) is 4.81. The van der Waals surface area contributed by atoms with Crippen molar-refractivity contribution >= 4 is 0 Å². The fourth-order valence-electron chi connectivity index (χ4n) is 2.32. The highest BCUT2D eigenvalue weighted by atomic mass is 16.3. The topological polar surface area (TPSA) is 56.9 Å². The van der Waals surface area contributed by atoms with E-state index in [4.69, 9.17) is 5.26 Å². The van der Waals surface area contributed by atoms with Crippen molar-refractivity contribution in [3.63, 3.8) is 0 Å². The zero-order chi connectivity index (χ0) is 14.0. The molecular weight excluding hydrogens is 248 g/mol. The van der Waals surface area contributed by atoms with Crippen molar-refractivity contribution in [2.45, 2.75) is 18.4 Å². The van der Waals surface area contributed by atoms with Gasteiger partial charge in [0, 0.05) is 17.8 Å². The van der Waals surface area contributed by atoms with E-state index in [1.165, 1.54) is 0 Å². The molecule has 0 unspecified atom stereocenters. The van der Waals surface area contributed by atoms with Crippen molar-refractivity contribution in [2.24, 2.45) is 0 Å². The van der Waals surface area contributed by atoms with Gasteiger partial charge in [-0.25, -0.2) is 0 Å². The molecule has 0 spiro atoms. The van der Waals surface area contributed by atoms with Crippen molar-refractivity contribution in [1.29, 1.82) is 5.26 Å². The Bertz CT molecular complexity index is 747. The molecule has 0 saturated carbocycles. The lowest BCUT2D eigenvalue weighted by atomic mass is 10.0. The maximum atomic E-state index is 10.6. The standard InChI is InChI=1S/C17H11N2O/c18-12-14-5-3-13(4-6-14)7-9-17(20)10-8-15-2-1-11-19-16(15)17/h1-5,11,20H,8,10H2/t17-/m1/s1. The number of rotatable bonds is 0. The van der Waals surface area contributed by atoms with E-state index in [0.29, 0.717) is 17.7 Å². The van der Waals surface area contributed by atoms with Crippen LogP contribution in [0.25, 0.3) is 0 Å². The van der Waals surface area contributed by atoms with Gasteiger partial charge in [0.15, 0.2) is 5.60 Å². The Hall–Kier alpha value is -2.62. The number of nitrogens with zero attached hydrogens (tertiary/aromatic N) is 2. The molecule has 3 nitrogen and oxygen atoms in total. The summed E-state index contributed by atoms with van der Waals surface area (Å²) in [6, 6.07) is 13.7. The van der Waals surface area contributed by atoms with Crippen molar-refractivity contribution in [2.75, 3.05) is 0 Å². The number of aliphatic hydroxyl groups is 1. The van der Waals surface area contributed by atoms with Crippen LogP contribution in [0.1, 0.15) is 28.8 Å². The quantitative estimate of drug-likeness (QED) is 0.736. The van der Waals surface area contributed by atoms with E-state index in [0.717, 1.165) is 17.5 Å². The van der Waals surface area contributed by atoms with Crippen LogP contribution >= 0.6 is 0 Å². The average Bonchev–Trinajstić information content (AvgIpc) is 2.84. The lowest BCUT2D eigenvalue weighted by Gasteiger charge is -2.14. The van der Waals surface area contributed by atoms with Gasteiger partial charge in [-0.05, 0) is 42.7 Å². The first-order valence-electron chi connectivity index (χ1n) is 6.33. The fraction of sp³-hybridized carbons (Fsp3) is 0.176. The van der Waals surface area contributed by atoms with E-state index in [1.807, 2.05) is 18.2 Å². The number of aromatic nitrogens is 1. The number of nitriles is 1. The molecule has 1 N–H and O–H groups in total. The van der Waals surface area contributed by atoms with Gasteiger partial charge >= 0.3 is 0 Å². The molecule has 1 aromatic heterocycles. The Kier molecular flexibility index (Phi) is 2.99. The number of aryl methyl sites for hydroxylation is 1. The van der Waals surface area contributed by atoms with Gasteiger partial charge in [0.2, 0.25) is 0 Å². The van der Waals surface area contributed by atoms with Crippen molar-refractivity contribution in [3.05, 3.63) is 65.0 Å². The smallest absolute Gasteiger partial charge is 0.168 e. The number of pyridine rings is 1. The van der Waals surface area contributed by atoms with Crippen molar-refractivity contribution in [1.82, 2.24) is 4.98 Å². The highest BCUT2D eigenvalue weighted by Gasteiger charge is 2.36. The molecule has 20 heavy (non-hydrogen) atoms. The molecule has 0 fully saturated rings. The molecule has 0 aliphatic heterocycles. The molecule has 0 saturated heterocycles. The van der Waals surface area contributed by atoms with Crippen LogP contribution in [-0.4, -0.2) is 10.1 Å². The molecule has 1 atom stereocenters. The molecular formula is C17H11N2O. The SMILES string of the molecule is N#Cc1[c]cc(C#C[C@@]2(O)CCc3cccnc32)cc1. The first-order valence-corrected chi connectivity index (χ1v) is 6.33. The summed E-state index contributed by atoms with van der Waals surface area (Å²) < 4.78 is 0. The Balaban J connectivity index is 1.92. The third kappa shape index (κ3) is 2.16. The van der Waals surface area contributed by atoms with Gasteiger partial charge in [-0.15, -0.1) is 0 Å². The summed E-state index contributed by atoms with van der Waals surface area (Å²) in [6.07, 6.45) is 3.02. The van der Waals surface area contributed by atoms with E-state index in [2.05, 4.69) is 22.9 Å². The molecule has 0 amide bonds. The largest absolute Gasteiger partial charge is 0.372 e. The molecule has 1 aliphatic rings. The second-order valence-corrected chi connectivity index (χ2v) is 4.72. The zero-order valence-electron chi connectivity index (χ0n) is 10.7. The minimum Gasteiger partial charge on any atom is -0.372 e. The summed E-state index contributed by atoms with van der Waals surface area (Å²) in [4.78, 5) is 4.25. The predicted octanol–water partition coefficient (Wildman–Crippen LogP) is 1.94. The summed E-state index contributed by atoms with van der Waals surface area (Å²) in [5, 5.41) is 19.3. The molecule has 0 bridgehead atoms. The third-order valence-electron chi connectivity index (χ3n) is 3.39. The van der Waals surface area contributed by atoms with Crippen LogP contribution in [0.4, 0.5) is 0 Å². The van der Waals surface area contributed by atoms with Crippen LogP contribution in [0.5, 0.6) is 0 Å². The van der Waals surface area contributed by atoms with Crippen LogP contribution in [0.3, 0.4) is 0 Å². The van der Waals surface area contributed by atoms with E-state index < -0.39 is 5.60 Å². The number of hydrogen-bond acceptors (Lipinski definition) is 3. The Labute approximate surface area is 117 Å². The minimum absolute atomic E-state index is 0.474. The second-order valence-electron chi connectivity index (χ2n) is 4.72. The fourth-order valence-corrected chi connectivity index (χ4v) is 2.32. The molecule has 3 rings (SSSR count). The maximum absolute atomic E-state index is 10.6. The lowest BCUT2D eigenvalue weighted by Crippen LogP contribution is -2.20. The highest BCUT2D eigenvalue weighted by molar-refractivity contribution is 5.44. The summed E-state index contributed by atoms with van der Waals surface area (Å²) in [7, 11) is 0. The summed E-state index contributed by atoms with van der Waals surface area (Å²) in [5.41, 5.74) is 1.73. The molecule has 95 valence electrons. The van der Waals surface area contributed by atoms with Gasteiger partial charge in [0.25, 0.3) is 0 Å². The Morgan fingerprint density at radius 3 is 3.00 bits per heavy atom. The van der Waals surface area contributed by atoms with Crippen LogP contribution in [0.15, 0.2) is 36.5 Å². The lowest BCUT2D eigenvalue weighted by molar-refractivity contribution is 0.0982. The monoisotopic (exact) mass is 259 g/mol. The Morgan fingerprint density at radius 2 is 2.25 bits per heavy atom. The van der Waals surface area contributed by atoms with Crippen LogP contribution in [0, 0.1) is 29.2 Å². The normalized spacial score (nSPS) is 19.6. The van der Waals surface area contributed by atoms with E-state index in [9.17, 15) is 5.11 Å². The van der Waals surface area contributed by atoms with Crippen molar-refractivity contribution < 1.29 is 5.11 Å². The highest BCUT2D eigenvalue weighted by Crippen LogP contribution is 2.34. The zero-order valence-corrected chi connectivity index (χ0v) is 10.7. The molecule has 3 heteroatoms. The molecule has 1 aliphatic carbocycles. The number of hydrogen-bond donors (Lipinski definition) is 1. The van der Waals surface area contributed by atoms with E-state index in [-0.39, 0.29) is 0 Å². The van der Waals surface area contributed by atoms with Crippen LogP contribution < -0.4 is 0 Å². The van der Waals surface area contributed by atoms with Crippen LogP contribution in [0.2, 0.25) is 0 Å². The van der Waals surface area contributed by atoms with Gasteiger partial charge in [0.1, 0.15) is 0 Å². The average molecular weight is 259 g/mol. The first kappa shape index (κ1) is 12.4. The third-order valence-corrected chi connectivity index (χ3v) is 3.39. The van der Waals surface area contributed by atoms with E-state index >= 15 is 0 Å². The van der Waals surface area contributed by atoms with E-state index in [1.54, 1.807) is 24.4 Å². The summed E-state index contributed by atoms with van der Waals surface area (Å²) >= 11 is 0. The molecule has 1 aromatic carbocycles. The molecule has 2 aromatic rings. The number of benzene rings is 1.